The summed E-state index contributed by atoms with van der Waals surface area (Å²) < 4.78 is 15.3. The van der Waals surface area contributed by atoms with E-state index in [0.717, 1.165) is 22.8 Å². The van der Waals surface area contributed by atoms with Crippen LogP contribution in [0.4, 0.5) is 5.69 Å². The van der Waals surface area contributed by atoms with Crippen LogP contribution in [0.25, 0.3) is 6.08 Å². The molecule has 2 aromatic rings. The lowest BCUT2D eigenvalue weighted by Crippen LogP contribution is -2.15. The number of nitro benzene ring substituents is 1. The van der Waals surface area contributed by atoms with Crippen LogP contribution in [0.1, 0.15) is 32.6 Å². The van der Waals surface area contributed by atoms with E-state index in [1.54, 1.807) is 0 Å². The number of rotatable bonds is 6. The molecule has 2 aromatic carbocycles. The number of carbonyl (C=O) groups excluding carboxylic acids is 2. The van der Waals surface area contributed by atoms with Crippen molar-refractivity contribution in [3.8, 4) is 11.5 Å². The summed E-state index contributed by atoms with van der Waals surface area (Å²) in [4.78, 5) is 35.1. The highest BCUT2D eigenvalue weighted by Crippen LogP contribution is 2.38. The summed E-state index contributed by atoms with van der Waals surface area (Å²) in [6, 6.07) is 6.43. The SMILES string of the molecule is Cc1cc(C)c(C(=O)COC(=O)/C=C/c2cc3c(cc2[N+](=O)[O-])OCO3)c(C)c1. The Hall–Kier alpha value is -3.68. The highest BCUT2D eigenvalue weighted by atomic mass is 16.7. The van der Waals surface area contributed by atoms with Gasteiger partial charge in [-0.05, 0) is 44.0 Å². The van der Waals surface area contributed by atoms with E-state index < -0.39 is 17.5 Å². The van der Waals surface area contributed by atoms with E-state index in [0.29, 0.717) is 11.3 Å². The lowest BCUT2D eigenvalue weighted by atomic mass is 9.97. The van der Waals surface area contributed by atoms with Crippen LogP contribution < -0.4 is 9.47 Å². The Morgan fingerprint density at radius 2 is 1.72 bits per heavy atom. The second-order valence-corrected chi connectivity index (χ2v) is 6.66. The lowest BCUT2D eigenvalue weighted by Gasteiger charge is -2.10. The molecule has 1 aliphatic heterocycles. The van der Waals surface area contributed by atoms with Gasteiger partial charge in [-0.15, -0.1) is 0 Å². The fourth-order valence-electron chi connectivity index (χ4n) is 3.27. The van der Waals surface area contributed by atoms with E-state index in [2.05, 4.69) is 0 Å². The molecular formula is C21H19NO7. The van der Waals surface area contributed by atoms with Gasteiger partial charge in [-0.3, -0.25) is 14.9 Å². The highest BCUT2D eigenvalue weighted by molar-refractivity contribution is 6.01. The number of esters is 1. The predicted octanol–water partition coefficient (Wildman–Crippen LogP) is 3.69. The molecule has 0 spiro atoms. The van der Waals surface area contributed by atoms with Crippen LogP contribution in [0.3, 0.4) is 0 Å². The van der Waals surface area contributed by atoms with E-state index in [1.165, 1.54) is 18.2 Å². The average molecular weight is 397 g/mol. The van der Waals surface area contributed by atoms with Gasteiger partial charge in [0.1, 0.15) is 0 Å². The van der Waals surface area contributed by atoms with E-state index in [1.807, 2.05) is 32.9 Å². The fraction of sp³-hybridized carbons (Fsp3) is 0.238. The first-order valence-corrected chi connectivity index (χ1v) is 8.80. The Balaban J connectivity index is 1.69. The molecule has 29 heavy (non-hydrogen) atoms. The average Bonchev–Trinajstić information content (AvgIpc) is 3.10. The lowest BCUT2D eigenvalue weighted by molar-refractivity contribution is -0.385. The van der Waals surface area contributed by atoms with Crippen molar-refractivity contribution in [2.24, 2.45) is 0 Å². The third-order valence-corrected chi connectivity index (χ3v) is 4.42. The zero-order valence-corrected chi connectivity index (χ0v) is 16.2. The molecule has 0 unspecified atom stereocenters. The van der Waals surface area contributed by atoms with Crippen molar-refractivity contribution in [3.05, 3.63) is 68.3 Å². The van der Waals surface area contributed by atoms with Gasteiger partial charge < -0.3 is 14.2 Å². The number of hydrogen-bond acceptors (Lipinski definition) is 7. The molecule has 150 valence electrons. The summed E-state index contributed by atoms with van der Waals surface area (Å²) in [5.74, 6) is -0.474. The van der Waals surface area contributed by atoms with Crippen LogP contribution in [0.5, 0.6) is 11.5 Å². The molecule has 0 fully saturated rings. The molecule has 0 saturated carbocycles. The van der Waals surface area contributed by atoms with Crippen LogP contribution in [-0.2, 0) is 9.53 Å². The Kier molecular flexibility index (Phi) is 5.63. The summed E-state index contributed by atoms with van der Waals surface area (Å²) in [5, 5.41) is 11.2. The summed E-state index contributed by atoms with van der Waals surface area (Å²) in [6.45, 7) is 5.15. The van der Waals surface area contributed by atoms with E-state index >= 15 is 0 Å². The van der Waals surface area contributed by atoms with Gasteiger partial charge in [-0.2, -0.15) is 0 Å². The van der Waals surface area contributed by atoms with E-state index in [9.17, 15) is 19.7 Å². The van der Waals surface area contributed by atoms with E-state index in [4.69, 9.17) is 14.2 Å². The summed E-state index contributed by atoms with van der Waals surface area (Å²) in [6.07, 6.45) is 2.28. The number of aryl methyl sites for hydroxylation is 3. The standard InChI is InChI=1S/C21H19NO7/c1-12-6-13(2)21(14(3)7-12)17(23)10-27-20(24)5-4-15-8-18-19(29-11-28-18)9-16(15)22(25)26/h4-9H,10-11H2,1-3H3/b5-4+. The minimum atomic E-state index is -0.785. The van der Waals surface area contributed by atoms with Gasteiger partial charge in [-0.25, -0.2) is 4.79 Å². The van der Waals surface area contributed by atoms with Gasteiger partial charge in [0.2, 0.25) is 12.6 Å². The smallest absolute Gasteiger partial charge is 0.331 e. The van der Waals surface area contributed by atoms with Crippen LogP contribution >= 0.6 is 0 Å². The van der Waals surface area contributed by atoms with Crippen molar-refractivity contribution in [1.29, 1.82) is 0 Å². The molecule has 8 nitrogen and oxygen atoms in total. The molecule has 0 amide bonds. The monoisotopic (exact) mass is 397 g/mol. The van der Waals surface area contributed by atoms with Crippen LogP contribution in [0, 0.1) is 30.9 Å². The Labute approximate surface area is 166 Å². The summed E-state index contributed by atoms with van der Waals surface area (Å²) in [5.41, 5.74) is 3.12. The zero-order chi connectivity index (χ0) is 21.1. The topological polar surface area (TPSA) is 105 Å². The first-order valence-electron chi connectivity index (χ1n) is 8.80. The first-order chi connectivity index (χ1) is 13.8. The number of fused-ring (bicyclic) bond motifs is 1. The van der Waals surface area contributed by atoms with Crippen molar-refractivity contribution in [2.45, 2.75) is 20.8 Å². The molecular weight excluding hydrogens is 378 g/mol. The third kappa shape index (κ3) is 4.43. The molecule has 0 bridgehead atoms. The van der Waals surface area contributed by atoms with Crippen molar-refractivity contribution in [3.63, 3.8) is 0 Å². The Morgan fingerprint density at radius 3 is 2.34 bits per heavy atom. The van der Waals surface area contributed by atoms with Gasteiger partial charge >= 0.3 is 5.97 Å². The molecule has 8 heteroatoms. The Morgan fingerprint density at radius 1 is 1.10 bits per heavy atom. The number of ether oxygens (including phenoxy) is 3. The number of hydrogen-bond donors (Lipinski definition) is 0. The number of benzene rings is 2. The maximum Gasteiger partial charge on any atom is 0.331 e. The van der Waals surface area contributed by atoms with Crippen LogP contribution in [-0.4, -0.2) is 30.1 Å². The quantitative estimate of drug-likeness (QED) is 0.241. The Bertz CT molecular complexity index is 1020. The summed E-state index contributed by atoms with van der Waals surface area (Å²) >= 11 is 0. The number of nitro groups is 1. The van der Waals surface area contributed by atoms with Gasteiger partial charge in [0.15, 0.2) is 18.1 Å². The molecule has 0 radical (unpaired) electrons. The largest absolute Gasteiger partial charge is 0.454 e. The maximum absolute atomic E-state index is 12.4. The normalized spacial score (nSPS) is 12.2. The minimum Gasteiger partial charge on any atom is -0.454 e. The zero-order valence-electron chi connectivity index (χ0n) is 16.2. The fourth-order valence-corrected chi connectivity index (χ4v) is 3.27. The van der Waals surface area contributed by atoms with E-state index in [-0.39, 0.29) is 29.6 Å². The molecule has 0 saturated heterocycles. The van der Waals surface area contributed by atoms with Gasteiger partial charge in [-0.1, -0.05) is 17.7 Å². The number of nitrogens with zero attached hydrogens (tertiary/aromatic N) is 1. The predicted molar refractivity (Wildman–Crippen MR) is 104 cm³/mol. The van der Waals surface area contributed by atoms with Crippen molar-refractivity contribution >= 4 is 23.5 Å². The van der Waals surface area contributed by atoms with Gasteiger partial charge in [0.05, 0.1) is 16.6 Å². The molecule has 1 heterocycles. The number of carbonyl (C=O) groups is 2. The first kappa shape index (κ1) is 20.1. The maximum atomic E-state index is 12.4. The number of Topliss-reactive ketones (excluding diaryl/α,β-unsaturated/α-hetero) is 1. The summed E-state index contributed by atoms with van der Waals surface area (Å²) in [7, 11) is 0. The second kappa shape index (κ2) is 8.14. The molecule has 3 rings (SSSR count). The van der Waals surface area contributed by atoms with Crippen LogP contribution in [0.2, 0.25) is 0 Å². The molecule has 0 aliphatic carbocycles. The molecule has 0 aromatic heterocycles. The third-order valence-electron chi connectivity index (χ3n) is 4.42. The highest BCUT2D eigenvalue weighted by Gasteiger charge is 2.22. The minimum absolute atomic E-state index is 0.0261. The van der Waals surface area contributed by atoms with Gasteiger partial charge in [0, 0.05) is 11.6 Å². The molecule has 0 atom stereocenters. The van der Waals surface area contributed by atoms with Gasteiger partial charge in [0.25, 0.3) is 5.69 Å². The van der Waals surface area contributed by atoms with Crippen molar-refractivity contribution in [2.75, 3.05) is 13.4 Å². The van der Waals surface area contributed by atoms with Crippen LogP contribution in [0.15, 0.2) is 30.3 Å². The number of ketones is 1. The molecule has 0 N–H and O–H groups in total. The van der Waals surface area contributed by atoms with Crippen molar-refractivity contribution < 1.29 is 28.7 Å². The second-order valence-electron chi connectivity index (χ2n) is 6.66. The molecule has 1 aliphatic rings. The van der Waals surface area contributed by atoms with Crippen molar-refractivity contribution in [1.82, 2.24) is 0 Å².